The Bertz CT molecular complexity index is 235. The fraction of sp³-hybridized carbons (Fsp3) is 0.923. The first-order chi connectivity index (χ1) is 6.94. The summed E-state index contributed by atoms with van der Waals surface area (Å²) in [5.74, 6) is -0.137. The maximum absolute atomic E-state index is 11.7. The fourth-order valence-electron chi connectivity index (χ4n) is 1.06. The monoisotopic (exact) mass is 229 g/mol. The molecule has 3 nitrogen and oxygen atoms in total. The van der Waals surface area contributed by atoms with Crippen molar-refractivity contribution >= 4 is 5.97 Å². The van der Waals surface area contributed by atoms with Crippen LogP contribution in [-0.4, -0.2) is 36.1 Å². The molecule has 0 radical (unpaired) electrons. The minimum absolute atomic E-state index is 0.0732. The molecule has 0 fully saturated rings. The fourth-order valence-corrected chi connectivity index (χ4v) is 1.06. The second-order valence-electron chi connectivity index (χ2n) is 6.52. The van der Waals surface area contributed by atoms with Crippen LogP contribution in [0.1, 0.15) is 48.5 Å². The first kappa shape index (κ1) is 15.4. The highest BCUT2D eigenvalue weighted by Crippen LogP contribution is 2.17. The molecule has 96 valence electrons. The zero-order chi connectivity index (χ0) is 13.1. The number of rotatable bonds is 3. The Hall–Kier alpha value is -0.570. The SMILES string of the molecule is CC(CN(C)C(C)(C)C)OC(=O)C(C)(C)C. The summed E-state index contributed by atoms with van der Waals surface area (Å²) in [6, 6.07) is 0. The molecule has 1 atom stereocenters. The molecular weight excluding hydrogens is 202 g/mol. The van der Waals surface area contributed by atoms with Crippen LogP contribution in [0.15, 0.2) is 0 Å². The molecule has 0 aromatic rings. The van der Waals surface area contributed by atoms with Gasteiger partial charge in [0.2, 0.25) is 0 Å². The van der Waals surface area contributed by atoms with Crippen LogP contribution in [0.5, 0.6) is 0 Å². The number of carbonyl (C=O) groups is 1. The Morgan fingerprint density at radius 1 is 1.19 bits per heavy atom. The Morgan fingerprint density at radius 3 is 1.94 bits per heavy atom. The quantitative estimate of drug-likeness (QED) is 0.697. The molecule has 0 spiro atoms. The third-order valence-electron chi connectivity index (χ3n) is 2.60. The topological polar surface area (TPSA) is 29.5 Å². The van der Waals surface area contributed by atoms with Gasteiger partial charge in [0.1, 0.15) is 6.10 Å². The molecule has 1 unspecified atom stereocenters. The van der Waals surface area contributed by atoms with Gasteiger partial charge in [0, 0.05) is 12.1 Å². The van der Waals surface area contributed by atoms with Crippen LogP contribution in [0.25, 0.3) is 0 Å². The molecule has 3 heteroatoms. The molecule has 0 aromatic carbocycles. The smallest absolute Gasteiger partial charge is 0.311 e. The second kappa shape index (κ2) is 5.17. The molecular formula is C13H27NO2. The number of likely N-dealkylation sites (N-methyl/N-ethyl adjacent to an activating group) is 1. The third-order valence-corrected chi connectivity index (χ3v) is 2.60. The van der Waals surface area contributed by atoms with Crippen molar-refractivity contribution in [2.45, 2.75) is 60.1 Å². The average Bonchev–Trinajstić information content (AvgIpc) is 1.99. The van der Waals surface area contributed by atoms with Gasteiger partial charge < -0.3 is 4.74 Å². The average molecular weight is 229 g/mol. The van der Waals surface area contributed by atoms with Crippen molar-refractivity contribution in [3.05, 3.63) is 0 Å². The molecule has 0 aliphatic heterocycles. The number of esters is 1. The van der Waals surface area contributed by atoms with Gasteiger partial charge in [-0.25, -0.2) is 0 Å². The number of hydrogen-bond acceptors (Lipinski definition) is 3. The largest absolute Gasteiger partial charge is 0.461 e. The molecule has 0 bridgehead atoms. The maximum atomic E-state index is 11.7. The van der Waals surface area contributed by atoms with Crippen LogP contribution in [0.3, 0.4) is 0 Å². The van der Waals surface area contributed by atoms with Crippen molar-refractivity contribution in [1.82, 2.24) is 4.90 Å². The van der Waals surface area contributed by atoms with Crippen LogP contribution < -0.4 is 0 Å². The van der Waals surface area contributed by atoms with Gasteiger partial charge in [-0.1, -0.05) is 0 Å². The summed E-state index contributed by atoms with van der Waals surface area (Å²) in [5, 5.41) is 0. The highest BCUT2D eigenvalue weighted by atomic mass is 16.5. The van der Waals surface area contributed by atoms with E-state index in [4.69, 9.17) is 4.74 Å². The molecule has 0 saturated heterocycles. The summed E-state index contributed by atoms with van der Waals surface area (Å²) in [5.41, 5.74) is -0.322. The lowest BCUT2D eigenvalue weighted by molar-refractivity contribution is -0.158. The molecule has 0 amide bonds. The van der Waals surface area contributed by atoms with E-state index in [0.29, 0.717) is 0 Å². The number of carbonyl (C=O) groups excluding carboxylic acids is 1. The van der Waals surface area contributed by atoms with E-state index in [9.17, 15) is 4.79 Å². The van der Waals surface area contributed by atoms with Crippen LogP contribution in [-0.2, 0) is 9.53 Å². The predicted molar refractivity (Wildman–Crippen MR) is 67.4 cm³/mol. The summed E-state index contributed by atoms with van der Waals surface area (Å²) in [6.07, 6.45) is -0.0732. The van der Waals surface area contributed by atoms with Gasteiger partial charge in [-0.15, -0.1) is 0 Å². The van der Waals surface area contributed by atoms with Crippen molar-refractivity contribution in [2.24, 2.45) is 5.41 Å². The van der Waals surface area contributed by atoms with Crippen molar-refractivity contribution < 1.29 is 9.53 Å². The van der Waals surface area contributed by atoms with Crippen molar-refractivity contribution in [3.63, 3.8) is 0 Å². The lowest BCUT2D eigenvalue weighted by Gasteiger charge is -2.34. The van der Waals surface area contributed by atoms with Gasteiger partial charge in [0.15, 0.2) is 0 Å². The van der Waals surface area contributed by atoms with Crippen molar-refractivity contribution in [3.8, 4) is 0 Å². The Kier molecular flexibility index (Phi) is 4.99. The van der Waals surface area contributed by atoms with Gasteiger partial charge in [0.25, 0.3) is 0 Å². The standard InChI is InChI=1S/C13H27NO2/c1-10(9-14(8)13(5,6)7)16-11(15)12(2,3)4/h10H,9H2,1-8H3. The summed E-state index contributed by atoms with van der Waals surface area (Å²) < 4.78 is 5.40. The van der Waals surface area contributed by atoms with Gasteiger partial charge >= 0.3 is 5.97 Å². The zero-order valence-electron chi connectivity index (χ0n) is 12.0. The van der Waals surface area contributed by atoms with E-state index < -0.39 is 5.41 Å². The molecule has 0 N–H and O–H groups in total. The van der Waals surface area contributed by atoms with E-state index in [1.54, 1.807) is 0 Å². The molecule has 0 heterocycles. The van der Waals surface area contributed by atoms with Crippen molar-refractivity contribution in [1.29, 1.82) is 0 Å². The normalized spacial score (nSPS) is 15.1. The van der Waals surface area contributed by atoms with Gasteiger partial charge in [-0.05, 0) is 55.5 Å². The second-order valence-corrected chi connectivity index (χ2v) is 6.52. The van der Waals surface area contributed by atoms with Crippen LogP contribution in [0.2, 0.25) is 0 Å². The Labute approximate surface area is 100 Å². The van der Waals surface area contributed by atoms with E-state index in [1.807, 2.05) is 34.7 Å². The minimum Gasteiger partial charge on any atom is -0.461 e. The van der Waals surface area contributed by atoms with Gasteiger partial charge in [-0.2, -0.15) is 0 Å². The number of ether oxygens (including phenoxy) is 1. The molecule has 0 aromatic heterocycles. The Balaban J connectivity index is 4.20. The summed E-state index contributed by atoms with van der Waals surface area (Å²) in [4.78, 5) is 13.9. The minimum atomic E-state index is -0.422. The summed E-state index contributed by atoms with van der Waals surface area (Å²) >= 11 is 0. The molecule has 0 aliphatic rings. The Morgan fingerprint density at radius 2 is 1.62 bits per heavy atom. The van der Waals surface area contributed by atoms with Crippen LogP contribution in [0.4, 0.5) is 0 Å². The van der Waals surface area contributed by atoms with E-state index in [2.05, 4.69) is 25.7 Å². The summed E-state index contributed by atoms with van der Waals surface area (Å²) in [6.45, 7) is 14.7. The van der Waals surface area contributed by atoms with E-state index >= 15 is 0 Å². The first-order valence-corrected chi connectivity index (χ1v) is 5.87. The van der Waals surface area contributed by atoms with Crippen molar-refractivity contribution in [2.75, 3.05) is 13.6 Å². The molecule has 0 aliphatic carbocycles. The van der Waals surface area contributed by atoms with E-state index in [0.717, 1.165) is 6.54 Å². The lowest BCUT2D eigenvalue weighted by atomic mass is 9.97. The van der Waals surface area contributed by atoms with Crippen LogP contribution in [0, 0.1) is 5.41 Å². The van der Waals surface area contributed by atoms with Gasteiger partial charge in [-0.3, -0.25) is 9.69 Å². The van der Waals surface area contributed by atoms with Crippen LogP contribution >= 0.6 is 0 Å². The maximum Gasteiger partial charge on any atom is 0.311 e. The molecule has 16 heavy (non-hydrogen) atoms. The lowest BCUT2D eigenvalue weighted by Crippen LogP contribution is -2.43. The highest BCUT2D eigenvalue weighted by molar-refractivity contribution is 5.75. The highest BCUT2D eigenvalue weighted by Gasteiger charge is 2.26. The third kappa shape index (κ3) is 5.50. The summed E-state index contributed by atoms with van der Waals surface area (Å²) in [7, 11) is 2.04. The molecule has 0 rings (SSSR count). The number of nitrogens with zero attached hydrogens (tertiary/aromatic N) is 1. The molecule has 0 saturated carbocycles. The van der Waals surface area contributed by atoms with Gasteiger partial charge in [0.05, 0.1) is 5.41 Å². The van der Waals surface area contributed by atoms with E-state index in [-0.39, 0.29) is 17.6 Å². The number of hydrogen-bond donors (Lipinski definition) is 0. The zero-order valence-corrected chi connectivity index (χ0v) is 12.0. The van der Waals surface area contributed by atoms with E-state index in [1.165, 1.54) is 0 Å². The first-order valence-electron chi connectivity index (χ1n) is 5.87. The predicted octanol–water partition coefficient (Wildman–Crippen LogP) is 2.69.